The van der Waals surface area contributed by atoms with Crippen LogP contribution in [0.4, 0.5) is 14.5 Å². The number of nitrogens with zero attached hydrogens (tertiary/aromatic N) is 1. The number of rotatable bonds is 8. The average Bonchev–Trinajstić information content (AvgIpc) is 3.25. The molecule has 3 aromatic carbocycles. The summed E-state index contributed by atoms with van der Waals surface area (Å²) in [6, 6.07) is 8.96. The number of aryl methyl sites for hydroxylation is 2. The molecule has 0 unspecified atom stereocenters. The van der Waals surface area contributed by atoms with Gasteiger partial charge in [-0.2, -0.15) is 0 Å². The number of anilines is 1. The quantitative estimate of drug-likeness (QED) is 0.241. The first-order valence-electron chi connectivity index (χ1n) is 12.1. The van der Waals surface area contributed by atoms with Gasteiger partial charge in [0.05, 0.1) is 12.2 Å². The topological polar surface area (TPSA) is 46.6 Å². The molecule has 1 heterocycles. The number of hydrogen-bond donors (Lipinski definition) is 0. The first kappa shape index (κ1) is 25.8. The lowest BCUT2D eigenvalue weighted by atomic mass is 9.86. The Bertz CT molecular complexity index is 1340. The molecule has 0 N–H and O–H groups in total. The van der Waals surface area contributed by atoms with Gasteiger partial charge in [0, 0.05) is 23.7 Å². The van der Waals surface area contributed by atoms with Gasteiger partial charge in [0.25, 0.3) is 5.91 Å². The molecule has 0 saturated heterocycles. The fourth-order valence-electron chi connectivity index (χ4n) is 4.78. The van der Waals surface area contributed by atoms with E-state index >= 15 is 4.39 Å². The number of carbonyl (C=O) groups is 2. The van der Waals surface area contributed by atoms with Gasteiger partial charge in [0.15, 0.2) is 11.6 Å². The lowest BCUT2D eigenvalue weighted by molar-refractivity contribution is -0.107. The van der Waals surface area contributed by atoms with E-state index in [1.165, 1.54) is 23.1 Å². The zero-order valence-corrected chi connectivity index (χ0v) is 21.3. The number of carbonyl (C=O) groups excluding carboxylic acids is 2. The summed E-state index contributed by atoms with van der Waals surface area (Å²) in [6.45, 7) is 6.55. The van der Waals surface area contributed by atoms with Gasteiger partial charge >= 0.3 is 0 Å². The Kier molecular flexibility index (Phi) is 7.74. The Morgan fingerprint density at radius 2 is 1.89 bits per heavy atom. The molecule has 4 rings (SSSR count). The third kappa shape index (κ3) is 4.87. The minimum atomic E-state index is -0.688. The minimum absolute atomic E-state index is 0.0702. The third-order valence-electron chi connectivity index (χ3n) is 6.62. The molecular weight excluding hydrogens is 484 g/mol. The second kappa shape index (κ2) is 10.8. The van der Waals surface area contributed by atoms with Crippen LogP contribution in [0.5, 0.6) is 5.75 Å². The van der Waals surface area contributed by atoms with Crippen LogP contribution in [0.3, 0.4) is 0 Å². The number of benzene rings is 3. The van der Waals surface area contributed by atoms with E-state index in [1.807, 2.05) is 26.8 Å². The van der Waals surface area contributed by atoms with Crippen molar-refractivity contribution in [3.05, 3.63) is 80.9 Å². The van der Waals surface area contributed by atoms with Crippen LogP contribution in [-0.2, 0) is 17.6 Å². The van der Waals surface area contributed by atoms with Crippen molar-refractivity contribution in [1.82, 2.24) is 0 Å². The van der Waals surface area contributed by atoms with Crippen LogP contribution in [-0.4, -0.2) is 25.3 Å². The summed E-state index contributed by atoms with van der Waals surface area (Å²) in [4.78, 5) is 26.4. The van der Waals surface area contributed by atoms with Gasteiger partial charge in [-0.25, -0.2) is 8.78 Å². The van der Waals surface area contributed by atoms with E-state index in [0.717, 1.165) is 53.0 Å². The maximum Gasteiger partial charge on any atom is 0.261 e. The molecule has 36 heavy (non-hydrogen) atoms. The molecule has 0 fully saturated rings. The largest absolute Gasteiger partial charge is 0.491 e. The van der Waals surface area contributed by atoms with E-state index in [1.54, 1.807) is 6.07 Å². The molecule has 1 aliphatic heterocycles. The van der Waals surface area contributed by atoms with Crippen LogP contribution in [0.2, 0.25) is 5.02 Å². The Balaban J connectivity index is 1.83. The molecular formula is C29H28ClF2NO3. The van der Waals surface area contributed by atoms with E-state index in [-0.39, 0.29) is 22.8 Å². The fraction of sp³-hybridized carbons (Fsp3) is 0.310. The van der Waals surface area contributed by atoms with Crippen LogP contribution in [0.15, 0.2) is 36.4 Å². The number of aldehydes is 1. The van der Waals surface area contributed by atoms with Gasteiger partial charge in [-0.1, -0.05) is 24.9 Å². The number of hydrogen-bond acceptors (Lipinski definition) is 3. The maximum atomic E-state index is 15.1. The summed E-state index contributed by atoms with van der Waals surface area (Å²) < 4.78 is 35.3. The normalized spacial score (nSPS) is 12.6. The third-order valence-corrected chi connectivity index (χ3v) is 6.85. The molecule has 0 bridgehead atoms. The molecule has 3 aromatic rings. The molecule has 0 spiro atoms. The Labute approximate surface area is 214 Å². The molecule has 0 saturated carbocycles. The van der Waals surface area contributed by atoms with Crippen molar-refractivity contribution in [2.75, 3.05) is 18.1 Å². The predicted molar refractivity (Wildman–Crippen MR) is 138 cm³/mol. The van der Waals surface area contributed by atoms with Crippen molar-refractivity contribution in [3.63, 3.8) is 0 Å². The summed E-state index contributed by atoms with van der Waals surface area (Å²) in [6.07, 6.45) is 3.25. The van der Waals surface area contributed by atoms with Gasteiger partial charge in [0.1, 0.15) is 12.1 Å². The first-order valence-corrected chi connectivity index (χ1v) is 12.4. The fourth-order valence-corrected chi connectivity index (χ4v) is 4.94. The SMILES string of the molecule is CCCCOc1cc(C)c(-c2c(CC=O)c(C)cc3c2CCN3C(=O)c2ccc(Cl)cc2F)cc1F. The zero-order valence-electron chi connectivity index (χ0n) is 20.6. The number of ether oxygens (including phenoxy) is 1. The van der Waals surface area contributed by atoms with Crippen molar-refractivity contribution in [2.45, 2.75) is 46.5 Å². The van der Waals surface area contributed by atoms with Crippen LogP contribution in [0.25, 0.3) is 11.1 Å². The van der Waals surface area contributed by atoms with E-state index < -0.39 is 17.5 Å². The van der Waals surface area contributed by atoms with Gasteiger partial charge in [-0.3, -0.25) is 4.79 Å². The van der Waals surface area contributed by atoms with Gasteiger partial charge in [-0.05, 0) is 96.5 Å². The molecule has 0 atom stereocenters. The van der Waals surface area contributed by atoms with Crippen molar-refractivity contribution >= 4 is 29.5 Å². The number of halogens is 3. The summed E-state index contributed by atoms with van der Waals surface area (Å²) in [5, 5.41) is 0.210. The van der Waals surface area contributed by atoms with E-state index in [0.29, 0.717) is 30.8 Å². The number of unbranched alkanes of at least 4 members (excludes halogenated alkanes) is 1. The Hall–Kier alpha value is -3.25. The Morgan fingerprint density at radius 1 is 1.11 bits per heavy atom. The minimum Gasteiger partial charge on any atom is -0.491 e. The maximum absolute atomic E-state index is 15.1. The van der Waals surface area contributed by atoms with Crippen LogP contribution in [0, 0.1) is 25.5 Å². The lowest BCUT2D eigenvalue weighted by Gasteiger charge is -2.22. The molecule has 0 radical (unpaired) electrons. The van der Waals surface area contributed by atoms with Crippen LogP contribution < -0.4 is 9.64 Å². The molecule has 1 amide bonds. The van der Waals surface area contributed by atoms with Crippen molar-refractivity contribution in [2.24, 2.45) is 0 Å². The summed E-state index contributed by atoms with van der Waals surface area (Å²) in [5.74, 6) is -1.44. The molecule has 7 heteroatoms. The summed E-state index contributed by atoms with van der Waals surface area (Å²) >= 11 is 5.86. The summed E-state index contributed by atoms with van der Waals surface area (Å²) in [5.41, 5.74) is 5.20. The average molecular weight is 512 g/mol. The van der Waals surface area contributed by atoms with E-state index in [2.05, 4.69) is 0 Å². The standard InChI is InChI=1S/C29H28ClF2NO3/c1-4-5-12-36-27-14-18(3)23(16-25(27)32)28-20(9-11-34)17(2)13-26-22(28)8-10-33(26)29(35)21-7-6-19(30)15-24(21)31/h6-7,11,13-16H,4-5,8-10,12H2,1-3H3. The monoisotopic (exact) mass is 511 g/mol. The van der Waals surface area contributed by atoms with Crippen molar-refractivity contribution in [1.29, 1.82) is 0 Å². The highest BCUT2D eigenvalue weighted by atomic mass is 35.5. The Morgan fingerprint density at radius 3 is 2.58 bits per heavy atom. The number of fused-ring (bicyclic) bond motifs is 1. The smallest absolute Gasteiger partial charge is 0.261 e. The van der Waals surface area contributed by atoms with Crippen LogP contribution in [0.1, 0.15) is 52.4 Å². The van der Waals surface area contributed by atoms with E-state index in [9.17, 15) is 14.0 Å². The molecule has 188 valence electrons. The molecule has 0 aliphatic carbocycles. The van der Waals surface area contributed by atoms with Gasteiger partial charge < -0.3 is 14.4 Å². The van der Waals surface area contributed by atoms with E-state index in [4.69, 9.17) is 16.3 Å². The molecule has 1 aliphatic rings. The molecule has 0 aromatic heterocycles. The highest BCUT2D eigenvalue weighted by molar-refractivity contribution is 6.30. The highest BCUT2D eigenvalue weighted by Crippen LogP contribution is 2.43. The van der Waals surface area contributed by atoms with Gasteiger partial charge in [-0.15, -0.1) is 0 Å². The summed E-state index contributed by atoms with van der Waals surface area (Å²) in [7, 11) is 0. The number of amides is 1. The van der Waals surface area contributed by atoms with Gasteiger partial charge in [0.2, 0.25) is 0 Å². The second-order valence-electron chi connectivity index (χ2n) is 9.05. The zero-order chi connectivity index (χ0) is 26.0. The molecule has 4 nitrogen and oxygen atoms in total. The van der Waals surface area contributed by atoms with Crippen LogP contribution >= 0.6 is 11.6 Å². The van der Waals surface area contributed by atoms with Crippen molar-refractivity contribution < 1.29 is 23.1 Å². The first-order chi connectivity index (χ1) is 17.3. The van der Waals surface area contributed by atoms with Crippen molar-refractivity contribution in [3.8, 4) is 16.9 Å². The lowest BCUT2D eigenvalue weighted by Crippen LogP contribution is -2.29. The highest BCUT2D eigenvalue weighted by Gasteiger charge is 2.32. The predicted octanol–water partition coefficient (Wildman–Crippen LogP) is 7.03. The second-order valence-corrected chi connectivity index (χ2v) is 9.48.